The van der Waals surface area contributed by atoms with Crippen molar-refractivity contribution in [3.05, 3.63) is 89.3 Å². The molecule has 0 aliphatic carbocycles. The van der Waals surface area contributed by atoms with Crippen LogP contribution in [0.15, 0.2) is 53.3 Å². The van der Waals surface area contributed by atoms with E-state index in [2.05, 4.69) is 5.32 Å². The second kappa shape index (κ2) is 11.2. The number of carbonyl (C=O) groups excluding carboxylic acids is 1. The molecule has 0 unspecified atom stereocenters. The number of methoxy groups -OCH3 is 1. The maximum Gasteiger partial charge on any atom is 0.273 e. The van der Waals surface area contributed by atoms with E-state index in [4.69, 9.17) is 4.74 Å². The summed E-state index contributed by atoms with van der Waals surface area (Å²) in [6.45, 7) is 2.69. The van der Waals surface area contributed by atoms with Gasteiger partial charge in [0.1, 0.15) is 10.7 Å². The molecule has 1 heterocycles. The number of aromatic nitrogens is 1. The van der Waals surface area contributed by atoms with Crippen molar-refractivity contribution in [3.8, 4) is 11.8 Å². The van der Waals surface area contributed by atoms with E-state index in [1.807, 2.05) is 25.1 Å². The lowest BCUT2D eigenvalue weighted by Crippen LogP contribution is -2.34. The van der Waals surface area contributed by atoms with Gasteiger partial charge < -0.3 is 10.1 Å². The number of carbonyl (C=O) groups is 1. The molecule has 0 saturated heterocycles. The van der Waals surface area contributed by atoms with Crippen LogP contribution in [0.3, 0.4) is 0 Å². The van der Waals surface area contributed by atoms with Crippen molar-refractivity contribution >= 4 is 34.6 Å². The quantitative estimate of drug-likeness (QED) is 0.299. The molecule has 3 aromatic rings. The number of nitro groups is 1. The van der Waals surface area contributed by atoms with Crippen molar-refractivity contribution in [1.29, 1.82) is 5.26 Å². The van der Waals surface area contributed by atoms with Gasteiger partial charge in [0.15, 0.2) is 5.57 Å². The highest BCUT2D eigenvalue weighted by molar-refractivity contribution is 7.07. The molecular weight excluding hydrogens is 456 g/mol. The number of nitrogens with one attached hydrogen (secondary N) is 1. The van der Waals surface area contributed by atoms with Gasteiger partial charge in [-0.25, -0.2) is 0 Å². The molecule has 0 atom stereocenters. The fourth-order valence-electron chi connectivity index (χ4n) is 3.12. The predicted molar refractivity (Wildman–Crippen MR) is 129 cm³/mol. The number of nitriles is 1. The van der Waals surface area contributed by atoms with E-state index in [-0.39, 0.29) is 20.5 Å². The molecule has 1 N–H and O–H groups in total. The Morgan fingerprint density at radius 2 is 1.91 bits per heavy atom. The topological polar surface area (TPSA) is 127 Å². The first-order valence-electron chi connectivity index (χ1n) is 10.3. The summed E-state index contributed by atoms with van der Waals surface area (Å²) in [6, 6.07) is 14.9. The predicted octanol–water partition coefficient (Wildman–Crippen LogP) is 1.77. The van der Waals surface area contributed by atoms with Crippen LogP contribution in [-0.2, 0) is 9.53 Å². The van der Waals surface area contributed by atoms with Crippen LogP contribution in [0.4, 0.5) is 5.69 Å². The monoisotopic (exact) mass is 478 g/mol. The first kappa shape index (κ1) is 24.6. The lowest BCUT2D eigenvalue weighted by Gasteiger charge is -2.06. The van der Waals surface area contributed by atoms with Gasteiger partial charge in [-0.1, -0.05) is 17.7 Å². The van der Waals surface area contributed by atoms with Gasteiger partial charge in [-0.2, -0.15) is 5.26 Å². The van der Waals surface area contributed by atoms with E-state index in [0.29, 0.717) is 30.8 Å². The number of hydrogen-bond donors (Lipinski definition) is 1. The average Bonchev–Trinajstić information content (AvgIpc) is 3.13. The minimum atomic E-state index is -0.581. The van der Waals surface area contributed by atoms with Crippen molar-refractivity contribution in [2.45, 2.75) is 13.3 Å². The molecule has 1 amide bonds. The molecule has 0 saturated carbocycles. The largest absolute Gasteiger partial charge is 0.385 e. The molecule has 10 heteroatoms. The number of amides is 1. The Bertz CT molecular complexity index is 1410. The van der Waals surface area contributed by atoms with Crippen LogP contribution in [0.1, 0.15) is 17.5 Å². The number of aryl methyl sites for hydroxylation is 1. The zero-order valence-corrected chi connectivity index (χ0v) is 19.4. The highest BCUT2D eigenvalue weighted by Gasteiger charge is 2.17. The summed E-state index contributed by atoms with van der Waals surface area (Å²) in [5, 5.41) is 23.4. The van der Waals surface area contributed by atoms with Crippen LogP contribution in [0, 0.1) is 28.4 Å². The van der Waals surface area contributed by atoms with E-state index in [1.165, 1.54) is 28.8 Å². The Hall–Kier alpha value is -4.07. The zero-order valence-electron chi connectivity index (χ0n) is 18.6. The molecule has 0 bridgehead atoms. The summed E-state index contributed by atoms with van der Waals surface area (Å²) in [4.78, 5) is 36.5. The van der Waals surface area contributed by atoms with Crippen LogP contribution >= 0.6 is 11.3 Å². The van der Waals surface area contributed by atoms with Gasteiger partial charge in [0, 0.05) is 32.4 Å². The molecule has 0 aliphatic heterocycles. The van der Waals surface area contributed by atoms with Crippen molar-refractivity contribution in [2.75, 3.05) is 20.3 Å². The third-order valence-corrected chi connectivity index (χ3v) is 5.97. The summed E-state index contributed by atoms with van der Waals surface area (Å²) < 4.78 is 6.80. The van der Waals surface area contributed by atoms with E-state index in [9.17, 15) is 25.0 Å². The molecule has 174 valence electrons. The van der Waals surface area contributed by atoms with Crippen molar-refractivity contribution in [3.63, 3.8) is 0 Å². The van der Waals surface area contributed by atoms with E-state index >= 15 is 0 Å². The fourth-order valence-corrected chi connectivity index (χ4v) is 4.23. The second-order valence-electron chi connectivity index (χ2n) is 7.33. The Labute approximate surface area is 199 Å². The number of benzene rings is 2. The molecule has 0 radical (unpaired) electrons. The molecule has 0 spiro atoms. The van der Waals surface area contributed by atoms with Gasteiger partial charge in [-0.3, -0.25) is 24.3 Å². The normalized spacial score (nSPS) is 12.2. The molecule has 34 heavy (non-hydrogen) atoms. The average molecular weight is 479 g/mol. The summed E-state index contributed by atoms with van der Waals surface area (Å²) in [5.74, 6) is -0.581. The van der Waals surface area contributed by atoms with Crippen molar-refractivity contribution < 1.29 is 14.5 Å². The lowest BCUT2D eigenvalue weighted by atomic mass is 10.2. The third kappa shape index (κ3) is 5.64. The Morgan fingerprint density at radius 1 is 1.24 bits per heavy atom. The van der Waals surface area contributed by atoms with Gasteiger partial charge >= 0.3 is 0 Å². The van der Waals surface area contributed by atoms with Crippen LogP contribution in [0.5, 0.6) is 0 Å². The van der Waals surface area contributed by atoms with Crippen LogP contribution < -0.4 is 20.1 Å². The van der Waals surface area contributed by atoms with E-state index in [1.54, 1.807) is 25.3 Å². The van der Waals surface area contributed by atoms with Crippen LogP contribution in [0.2, 0.25) is 0 Å². The summed E-state index contributed by atoms with van der Waals surface area (Å²) in [5.41, 5.74) is 1.45. The van der Waals surface area contributed by atoms with Gasteiger partial charge in [0.05, 0.1) is 15.1 Å². The number of rotatable bonds is 8. The molecule has 2 aromatic carbocycles. The maximum absolute atomic E-state index is 13.4. The zero-order chi connectivity index (χ0) is 24.7. The van der Waals surface area contributed by atoms with Gasteiger partial charge in [-0.15, -0.1) is 11.3 Å². The molecule has 9 nitrogen and oxygen atoms in total. The molecule has 3 rings (SSSR count). The fraction of sp³-hybridized carbons (Fsp3) is 0.208. The number of hydrogen-bond acceptors (Lipinski definition) is 7. The smallest absolute Gasteiger partial charge is 0.273 e. The summed E-state index contributed by atoms with van der Waals surface area (Å²) in [7, 11) is 1.56. The molecule has 1 aromatic heterocycles. The van der Waals surface area contributed by atoms with Crippen molar-refractivity contribution in [2.24, 2.45) is 0 Å². The minimum Gasteiger partial charge on any atom is -0.385 e. The first-order chi connectivity index (χ1) is 16.3. The second-order valence-corrected chi connectivity index (χ2v) is 8.36. The van der Waals surface area contributed by atoms with Crippen LogP contribution in [-0.4, -0.2) is 35.7 Å². The third-order valence-electron chi connectivity index (χ3n) is 4.88. The maximum atomic E-state index is 13.4. The number of nitrogens with zero attached hydrogens (tertiary/aromatic N) is 3. The SMILES string of the molecule is COCCCNC(=O)/C(C#N)=c1\s/c(=C/c2ccc([N+](=O)[O-])cc2)c(=O)n1-c1ccc(C)cc1. The minimum absolute atomic E-state index is 0.0636. The lowest BCUT2D eigenvalue weighted by molar-refractivity contribution is -0.384. The Kier molecular flexibility index (Phi) is 8.08. The summed E-state index contributed by atoms with van der Waals surface area (Å²) >= 11 is 1.01. The number of thiazole rings is 1. The van der Waals surface area contributed by atoms with Gasteiger partial charge in [0.2, 0.25) is 0 Å². The van der Waals surface area contributed by atoms with Crippen LogP contribution in [0.25, 0.3) is 17.3 Å². The van der Waals surface area contributed by atoms with Crippen molar-refractivity contribution in [1.82, 2.24) is 9.88 Å². The van der Waals surface area contributed by atoms with E-state index in [0.717, 1.165) is 16.9 Å². The van der Waals surface area contributed by atoms with Gasteiger partial charge in [-0.05, 0) is 49.2 Å². The van der Waals surface area contributed by atoms with Gasteiger partial charge in [0.25, 0.3) is 17.2 Å². The Balaban J connectivity index is 2.20. The number of nitro benzene ring substituents is 1. The molecule has 0 aliphatic rings. The highest BCUT2D eigenvalue weighted by Crippen LogP contribution is 2.12. The Morgan fingerprint density at radius 3 is 2.50 bits per heavy atom. The number of non-ortho nitro benzene ring substituents is 1. The standard InChI is InChI=1S/C24H22N4O5S/c1-16-4-8-18(9-5-16)27-23(30)21(14-17-6-10-19(11-7-17)28(31)32)34-24(27)20(15-25)22(29)26-12-3-13-33-2/h4-11,14H,3,12-13H2,1-2H3,(H,26,29)/b21-14+,24-20-. The highest BCUT2D eigenvalue weighted by atomic mass is 32.1. The number of ether oxygens (including phenoxy) is 1. The molecule has 0 fully saturated rings. The molecular formula is C24H22N4O5S. The summed E-state index contributed by atoms with van der Waals surface area (Å²) in [6.07, 6.45) is 2.16. The first-order valence-corrected chi connectivity index (χ1v) is 11.1. The van der Waals surface area contributed by atoms with E-state index < -0.39 is 16.4 Å².